The molecular weight excluding hydrogens is 240 g/mol. The van der Waals surface area contributed by atoms with Crippen molar-refractivity contribution in [2.75, 3.05) is 6.54 Å². The SMILES string of the molecule is CC(C)(C)Oc1cccc(CCNC(=O)CC#N)c1. The molecule has 0 bridgehead atoms. The van der Waals surface area contributed by atoms with Gasteiger partial charge in [0, 0.05) is 6.54 Å². The van der Waals surface area contributed by atoms with E-state index in [1.807, 2.05) is 51.1 Å². The average molecular weight is 260 g/mol. The third-order valence-electron chi connectivity index (χ3n) is 2.30. The molecule has 0 heterocycles. The van der Waals surface area contributed by atoms with Crippen LogP contribution in [-0.4, -0.2) is 18.1 Å². The molecule has 0 aliphatic heterocycles. The van der Waals surface area contributed by atoms with Crippen molar-refractivity contribution >= 4 is 5.91 Å². The number of rotatable bonds is 5. The molecule has 19 heavy (non-hydrogen) atoms. The lowest BCUT2D eigenvalue weighted by Gasteiger charge is -2.21. The molecule has 0 atom stereocenters. The highest BCUT2D eigenvalue weighted by atomic mass is 16.5. The number of carbonyl (C=O) groups excluding carboxylic acids is 1. The quantitative estimate of drug-likeness (QED) is 0.884. The van der Waals surface area contributed by atoms with Gasteiger partial charge in [0.15, 0.2) is 0 Å². The van der Waals surface area contributed by atoms with Gasteiger partial charge in [0.2, 0.25) is 5.91 Å². The van der Waals surface area contributed by atoms with Gasteiger partial charge in [-0.3, -0.25) is 4.79 Å². The van der Waals surface area contributed by atoms with Crippen molar-refractivity contribution in [1.82, 2.24) is 5.32 Å². The lowest BCUT2D eigenvalue weighted by molar-refractivity contribution is -0.120. The molecule has 1 amide bonds. The van der Waals surface area contributed by atoms with E-state index in [0.717, 1.165) is 17.7 Å². The highest BCUT2D eigenvalue weighted by Gasteiger charge is 2.11. The molecule has 0 aromatic heterocycles. The Balaban J connectivity index is 2.49. The van der Waals surface area contributed by atoms with Gasteiger partial charge in [-0.25, -0.2) is 0 Å². The molecule has 0 unspecified atom stereocenters. The maximum Gasteiger partial charge on any atom is 0.234 e. The Morgan fingerprint density at radius 1 is 1.42 bits per heavy atom. The van der Waals surface area contributed by atoms with Gasteiger partial charge in [-0.15, -0.1) is 0 Å². The predicted octanol–water partition coefficient (Wildman–Crippen LogP) is 2.44. The summed E-state index contributed by atoms with van der Waals surface area (Å²) in [6, 6.07) is 9.64. The predicted molar refractivity (Wildman–Crippen MR) is 73.8 cm³/mol. The normalized spacial score (nSPS) is 10.6. The van der Waals surface area contributed by atoms with E-state index in [-0.39, 0.29) is 17.9 Å². The van der Waals surface area contributed by atoms with E-state index < -0.39 is 0 Å². The van der Waals surface area contributed by atoms with E-state index in [4.69, 9.17) is 10.00 Å². The summed E-state index contributed by atoms with van der Waals surface area (Å²) in [6.07, 6.45) is 0.631. The van der Waals surface area contributed by atoms with E-state index in [1.54, 1.807) is 0 Å². The van der Waals surface area contributed by atoms with Gasteiger partial charge in [0.05, 0.1) is 6.07 Å². The smallest absolute Gasteiger partial charge is 0.234 e. The largest absolute Gasteiger partial charge is 0.488 e. The molecule has 0 fully saturated rings. The van der Waals surface area contributed by atoms with Gasteiger partial charge in [-0.05, 0) is 44.9 Å². The summed E-state index contributed by atoms with van der Waals surface area (Å²) in [4.78, 5) is 11.1. The zero-order valence-corrected chi connectivity index (χ0v) is 11.7. The zero-order chi connectivity index (χ0) is 14.3. The monoisotopic (exact) mass is 260 g/mol. The van der Waals surface area contributed by atoms with Crippen molar-refractivity contribution in [3.8, 4) is 11.8 Å². The maximum atomic E-state index is 11.1. The average Bonchev–Trinajstić information content (AvgIpc) is 2.27. The number of hydrogen-bond acceptors (Lipinski definition) is 3. The molecule has 0 saturated heterocycles. The van der Waals surface area contributed by atoms with Gasteiger partial charge < -0.3 is 10.1 Å². The number of nitrogens with zero attached hydrogens (tertiary/aromatic N) is 1. The molecule has 1 aromatic carbocycles. The highest BCUT2D eigenvalue weighted by molar-refractivity contribution is 5.77. The third-order valence-corrected chi connectivity index (χ3v) is 2.30. The summed E-state index contributed by atoms with van der Waals surface area (Å²) in [6.45, 7) is 6.53. The van der Waals surface area contributed by atoms with Crippen molar-refractivity contribution in [1.29, 1.82) is 5.26 Å². The molecule has 1 aromatic rings. The van der Waals surface area contributed by atoms with Crippen molar-refractivity contribution in [2.24, 2.45) is 0 Å². The second-order valence-corrected chi connectivity index (χ2v) is 5.30. The number of hydrogen-bond donors (Lipinski definition) is 1. The van der Waals surface area contributed by atoms with Gasteiger partial charge in [0.1, 0.15) is 17.8 Å². The first kappa shape index (κ1) is 15.0. The third kappa shape index (κ3) is 6.46. The number of ether oxygens (including phenoxy) is 1. The number of benzene rings is 1. The Morgan fingerprint density at radius 2 is 2.16 bits per heavy atom. The first-order valence-electron chi connectivity index (χ1n) is 6.32. The van der Waals surface area contributed by atoms with Crippen LogP contribution in [0.25, 0.3) is 0 Å². The molecule has 4 heteroatoms. The van der Waals surface area contributed by atoms with Crippen LogP contribution in [0.5, 0.6) is 5.75 Å². The van der Waals surface area contributed by atoms with Crippen LogP contribution < -0.4 is 10.1 Å². The summed E-state index contributed by atoms with van der Waals surface area (Å²) in [7, 11) is 0. The van der Waals surface area contributed by atoms with Crippen molar-refractivity contribution < 1.29 is 9.53 Å². The lowest BCUT2D eigenvalue weighted by atomic mass is 10.1. The van der Waals surface area contributed by atoms with E-state index >= 15 is 0 Å². The van der Waals surface area contributed by atoms with Gasteiger partial charge >= 0.3 is 0 Å². The lowest BCUT2D eigenvalue weighted by Crippen LogP contribution is -2.25. The van der Waals surface area contributed by atoms with Gasteiger partial charge in [-0.2, -0.15) is 5.26 Å². The fraction of sp³-hybridized carbons (Fsp3) is 0.467. The molecule has 0 saturated carbocycles. The molecule has 4 nitrogen and oxygen atoms in total. The van der Waals surface area contributed by atoms with E-state index in [0.29, 0.717) is 6.54 Å². The highest BCUT2D eigenvalue weighted by Crippen LogP contribution is 2.19. The fourth-order valence-electron chi connectivity index (χ4n) is 1.60. The summed E-state index contributed by atoms with van der Waals surface area (Å²) >= 11 is 0. The molecule has 0 radical (unpaired) electrons. The Hall–Kier alpha value is -2.02. The van der Waals surface area contributed by atoms with E-state index in [1.165, 1.54) is 0 Å². The molecular formula is C15H20N2O2. The second-order valence-electron chi connectivity index (χ2n) is 5.30. The summed E-state index contributed by atoms with van der Waals surface area (Å²) < 4.78 is 5.78. The Morgan fingerprint density at radius 3 is 2.79 bits per heavy atom. The Bertz CT molecular complexity index is 470. The molecule has 0 spiro atoms. The maximum absolute atomic E-state index is 11.1. The van der Waals surface area contributed by atoms with Crippen LogP contribution in [0, 0.1) is 11.3 Å². The van der Waals surface area contributed by atoms with Crippen LogP contribution in [0.15, 0.2) is 24.3 Å². The molecule has 0 aliphatic carbocycles. The standard InChI is InChI=1S/C15H20N2O2/c1-15(2,3)19-13-6-4-5-12(11-13)8-10-17-14(18)7-9-16/h4-6,11H,7-8,10H2,1-3H3,(H,17,18). The second kappa shape index (κ2) is 6.79. The minimum absolute atomic E-state index is 0.0901. The number of nitriles is 1. The van der Waals surface area contributed by atoms with E-state index in [9.17, 15) is 4.79 Å². The first-order valence-corrected chi connectivity index (χ1v) is 6.32. The molecule has 1 N–H and O–H groups in total. The minimum atomic E-state index is -0.232. The fourth-order valence-corrected chi connectivity index (χ4v) is 1.60. The molecule has 0 aliphatic rings. The minimum Gasteiger partial charge on any atom is -0.488 e. The summed E-state index contributed by atoms with van der Waals surface area (Å²) in [5, 5.41) is 11.1. The van der Waals surface area contributed by atoms with Gasteiger partial charge in [-0.1, -0.05) is 12.1 Å². The number of carbonyl (C=O) groups is 1. The number of nitrogens with one attached hydrogen (secondary N) is 1. The summed E-state index contributed by atoms with van der Waals surface area (Å²) in [5.41, 5.74) is 0.874. The van der Waals surface area contributed by atoms with Crippen molar-refractivity contribution in [3.05, 3.63) is 29.8 Å². The van der Waals surface area contributed by atoms with Crippen molar-refractivity contribution in [3.63, 3.8) is 0 Å². The number of amides is 1. The van der Waals surface area contributed by atoms with Gasteiger partial charge in [0.25, 0.3) is 0 Å². The Labute approximate surface area is 114 Å². The molecule has 1 rings (SSSR count). The van der Waals surface area contributed by atoms with Crippen LogP contribution in [0.2, 0.25) is 0 Å². The van der Waals surface area contributed by atoms with Crippen LogP contribution in [0.3, 0.4) is 0 Å². The van der Waals surface area contributed by atoms with E-state index in [2.05, 4.69) is 5.32 Å². The first-order chi connectivity index (χ1) is 8.90. The molecule has 102 valence electrons. The van der Waals surface area contributed by atoms with Crippen LogP contribution in [0.1, 0.15) is 32.8 Å². The van der Waals surface area contributed by atoms with Crippen LogP contribution in [0.4, 0.5) is 0 Å². The summed E-state index contributed by atoms with van der Waals surface area (Å²) in [5.74, 6) is 0.595. The van der Waals surface area contributed by atoms with Crippen LogP contribution in [-0.2, 0) is 11.2 Å². The van der Waals surface area contributed by atoms with Crippen molar-refractivity contribution in [2.45, 2.75) is 39.2 Å². The van der Waals surface area contributed by atoms with Crippen LogP contribution >= 0.6 is 0 Å². The zero-order valence-electron chi connectivity index (χ0n) is 11.7. The topological polar surface area (TPSA) is 62.1 Å². The Kier molecular flexibility index (Phi) is 5.37.